The van der Waals surface area contributed by atoms with Gasteiger partial charge in [-0.15, -0.1) is 0 Å². The summed E-state index contributed by atoms with van der Waals surface area (Å²) in [5.74, 6) is 1.21. The van der Waals surface area contributed by atoms with E-state index in [9.17, 15) is 0 Å². The molecule has 5 heteroatoms. The summed E-state index contributed by atoms with van der Waals surface area (Å²) in [6.07, 6.45) is -0.0520. The van der Waals surface area contributed by atoms with Crippen LogP contribution < -0.4 is 15.8 Å². The Hall–Kier alpha value is -1.49. The van der Waals surface area contributed by atoms with Gasteiger partial charge in [0.15, 0.2) is 5.96 Å². The Kier molecular flexibility index (Phi) is 6.42. The fraction of sp³-hybridized carbons (Fsp3) is 0.357. The highest BCUT2D eigenvalue weighted by Gasteiger charge is 2.06. The molecular weight excluding hydrogens is 306 g/mol. The lowest BCUT2D eigenvalue weighted by atomic mass is 10.3. The molecule has 0 aliphatic rings. The number of nitrogens with two attached hydrogens (primary N) is 1. The maximum Gasteiger partial charge on any atom is 0.188 e. The minimum atomic E-state index is -0.0520. The van der Waals surface area contributed by atoms with Crippen LogP contribution in [0.15, 0.2) is 45.9 Å². The molecule has 1 atom stereocenters. The van der Waals surface area contributed by atoms with Crippen molar-refractivity contribution in [3.8, 4) is 5.75 Å². The van der Waals surface area contributed by atoms with E-state index in [1.165, 1.54) is 0 Å². The Morgan fingerprint density at radius 3 is 2.84 bits per heavy atom. The Labute approximate surface area is 122 Å². The van der Waals surface area contributed by atoms with Gasteiger partial charge in [0.2, 0.25) is 0 Å². The summed E-state index contributed by atoms with van der Waals surface area (Å²) < 4.78 is 6.70. The molecule has 0 aliphatic heterocycles. The minimum Gasteiger partial charge on any atom is -0.488 e. The van der Waals surface area contributed by atoms with Gasteiger partial charge in [-0.25, -0.2) is 4.99 Å². The zero-order valence-electron chi connectivity index (χ0n) is 11.3. The molecule has 3 N–H and O–H groups in total. The largest absolute Gasteiger partial charge is 0.488 e. The van der Waals surface area contributed by atoms with Crippen molar-refractivity contribution in [2.24, 2.45) is 10.7 Å². The number of rotatable bonds is 6. The first-order chi connectivity index (χ1) is 8.99. The van der Waals surface area contributed by atoms with E-state index in [1.54, 1.807) is 0 Å². The van der Waals surface area contributed by atoms with E-state index < -0.39 is 0 Å². The third kappa shape index (κ3) is 6.29. The standard InChI is InChI=1S/C14H20BrN3O/c1-10(2)8-17-14(16)18-9-11(3)19-13-7-5-4-6-12(13)15/h4-7,11H,1,8-9H2,2-3H3,(H3,16,17,18). The zero-order chi connectivity index (χ0) is 14.3. The molecule has 0 aliphatic carbocycles. The van der Waals surface area contributed by atoms with Crippen LogP contribution in [0.2, 0.25) is 0 Å². The van der Waals surface area contributed by atoms with Crippen molar-refractivity contribution in [3.05, 3.63) is 40.9 Å². The molecule has 0 heterocycles. The molecule has 0 saturated carbocycles. The number of nitrogens with zero attached hydrogens (tertiary/aromatic N) is 1. The van der Waals surface area contributed by atoms with Crippen LogP contribution in [0.3, 0.4) is 0 Å². The number of hydrogen-bond acceptors (Lipinski definition) is 2. The van der Waals surface area contributed by atoms with Crippen molar-refractivity contribution < 1.29 is 4.74 Å². The quantitative estimate of drug-likeness (QED) is 0.480. The normalized spacial score (nSPS) is 12.9. The van der Waals surface area contributed by atoms with Crippen LogP contribution in [0.25, 0.3) is 0 Å². The number of hydrogen-bond donors (Lipinski definition) is 2. The van der Waals surface area contributed by atoms with Crippen LogP contribution in [0.1, 0.15) is 13.8 Å². The molecule has 0 radical (unpaired) electrons. The van der Waals surface area contributed by atoms with Crippen LogP contribution in [0, 0.1) is 0 Å². The molecule has 0 saturated heterocycles. The number of aliphatic imine (C=N–C) groups is 1. The summed E-state index contributed by atoms with van der Waals surface area (Å²) >= 11 is 3.44. The molecule has 0 amide bonds. The molecule has 0 fully saturated rings. The van der Waals surface area contributed by atoms with Gasteiger partial charge in [0.25, 0.3) is 0 Å². The lowest BCUT2D eigenvalue weighted by Crippen LogP contribution is -2.33. The zero-order valence-corrected chi connectivity index (χ0v) is 12.9. The maximum absolute atomic E-state index is 5.77. The first kappa shape index (κ1) is 15.6. The van der Waals surface area contributed by atoms with Crippen molar-refractivity contribution in [3.63, 3.8) is 0 Å². The van der Waals surface area contributed by atoms with Gasteiger partial charge in [0.05, 0.1) is 11.0 Å². The van der Waals surface area contributed by atoms with Gasteiger partial charge in [0, 0.05) is 6.54 Å². The molecule has 0 bridgehead atoms. The lowest BCUT2D eigenvalue weighted by Gasteiger charge is -2.14. The highest BCUT2D eigenvalue weighted by Crippen LogP contribution is 2.24. The summed E-state index contributed by atoms with van der Waals surface area (Å²) in [6.45, 7) is 8.80. The van der Waals surface area contributed by atoms with Gasteiger partial charge in [-0.3, -0.25) is 0 Å². The molecule has 1 aromatic carbocycles. The first-order valence-corrected chi connectivity index (χ1v) is 6.87. The van der Waals surface area contributed by atoms with Gasteiger partial charge in [-0.2, -0.15) is 0 Å². The predicted octanol–water partition coefficient (Wildman–Crippen LogP) is 2.70. The van der Waals surface area contributed by atoms with Crippen molar-refractivity contribution in [2.45, 2.75) is 20.0 Å². The Morgan fingerprint density at radius 2 is 2.21 bits per heavy atom. The topological polar surface area (TPSA) is 59.6 Å². The Morgan fingerprint density at radius 1 is 1.53 bits per heavy atom. The molecule has 1 unspecified atom stereocenters. The smallest absolute Gasteiger partial charge is 0.188 e. The molecule has 0 spiro atoms. The molecule has 0 aromatic heterocycles. The summed E-state index contributed by atoms with van der Waals surface area (Å²) in [7, 11) is 0. The second-order valence-electron chi connectivity index (χ2n) is 4.40. The average Bonchev–Trinajstić information content (AvgIpc) is 2.36. The van der Waals surface area contributed by atoms with Crippen molar-refractivity contribution in [1.82, 2.24) is 5.32 Å². The van der Waals surface area contributed by atoms with E-state index in [0.717, 1.165) is 15.8 Å². The van der Waals surface area contributed by atoms with E-state index in [4.69, 9.17) is 10.5 Å². The summed E-state index contributed by atoms with van der Waals surface area (Å²) in [5, 5.41) is 2.98. The summed E-state index contributed by atoms with van der Waals surface area (Å²) in [5.41, 5.74) is 6.74. The van der Waals surface area contributed by atoms with Gasteiger partial charge in [0.1, 0.15) is 11.9 Å². The van der Waals surface area contributed by atoms with Crippen LogP contribution in [0.4, 0.5) is 0 Å². The minimum absolute atomic E-state index is 0.0520. The highest BCUT2D eigenvalue weighted by atomic mass is 79.9. The number of guanidine groups is 1. The van der Waals surface area contributed by atoms with Gasteiger partial charge < -0.3 is 15.8 Å². The van der Waals surface area contributed by atoms with Crippen LogP contribution in [-0.2, 0) is 0 Å². The van der Waals surface area contributed by atoms with E-state index in [-0.39, 0.29) is 6.10 Å². The highest BCUT2D eigenvalue weighted by molar-refractivity contribution is 9.10. The number of para-hydroxylation sites is 1. The molecule has 1 aromatic rings. The Bertz CT molecular complexity index is 460. The van der Waals surface area contributed by atoms with Crippen LogP contribution in [-0.4, -0.2) is 25.2 Å². The van der Waals surface area contributed by atoms with Crippen molar-refractivity contribution >= 4 is 21.9 Å². The maximum atomic E-state index is 5.77. The number of ether oxygens (including phenoxy) is 1. The molecule has 104 valence electrons. The van der Waals surface area contributed by atoms with E-state index in [2.05, 4.69) is 32.8 Å². The number of nitrogens with one attached hydrogen (secondary N) is 1. The van der Waals surface area contributed by atoms with Crippen molar-refractivity contribution in [1.29, 1.82) is 0 Å². The summed E-state index contributed by atoms with van der Waals surface area (Å²) in [6, 6.07) is 7.72. The molecule has 1 rings (SSSR count). The lowest BCUT2D eigenvalue weighted by molar-refractivity contribution is 0.229. The first-order valence-electron chi connectivity index (χ1n) is 6.08. The molecule has 4 nitrogen and oxygen atoms in total. The fourth-order valence-corrected chi connectivity index (χ4v) is 1.70. The van der Waals surface area contributed by atoms with Crippen LogP contribution in [0.5, 0.6) is 5.75 Å². The van der Waals surface area contributed by atoms with Gasteiger partial charge in [-0.05, 0) is 41.9 Å². The van der Waals surface area contributed by atoms with E-state index >= 15 is 0 Å². The molecular formula is C14H20BrN3O. The van der Waals surface area contributed by atoms with Gasteiger partial charge in [-0.1, -0.05) is 24.3 Å². The number of benzene rings is 1. The monoisotopic (exact) mass is 325 g/mol. The summed E-state index contributed by atoms with van der Waals surface area (Å²) in [4.78, 5) is 4.22. The van der Waals surface area contributed by atoms with Crippen LogP contribution >= 0.6 is 15.9 Å². The van der Waals surface area contributed by atoms with E-state index in [1.807, 2.05) is 38.1 Å². The van der Waals surface area contributed by atoms with Crippen molar-refractivity contribution in [2.75, 3.05) is 13.1 Å². The Balaban J connectivity index is 2.43. The molecule has 19 heavy (non-hydrogen) atoms. The average molecular weight is 326 g/mol. The van der Waals surface area contributed by atoms with Gasteiger partial charge >= 0.3 is 0 Å². The second-order valence-corrected chi connectivity index (χ2v) is 5.25. The second kappa shape index (κ2) is 7.84. The predicted molar refractivity (Wildman–Crippen MR) is 83.5 cm³/mol. The SMILES string of the molecule is C=C(C)CNC(N)=NCC(C)Oc1ccccc1Br. The third-order valence-electron chi connectivity index (χ3n) is 2.25. The van der Waals surface area contributed by atoms with E-state index in [0.29, 0.717) is 19.0 Å². The fourth-order valence-electron chi connectivity index (χ4n) is 1.32. The number of halogens is 1. The third-order valence-corrected chi connectivity index (χ3v) is 2.91.